The Balaban J connectivity index is 2.09. The molecule has 0 aliphatic rings. The van der Waals surface area contributed by atoms with Gasteiger partial charge in [0.25, 0.3) is 6.01 Å². The topological polar surface area (TPSA) is 95.6 Å². The Morgan fingerprint density at radius 1 is 1.50 bits per heavy atom. The van der Waals surface area contributed by atoms with E-state index in [1.807, 2.05) is 0 Å². The summed E-state index contributed by atoms with van der Waals surface area (Å²) in [6.07, 6.45) is 1.68. The van der Waals surface area contributed by atoms with Gasteiger partial charge in [0.15, 0.2) is 5.58 Å². The van der Waals surface area contributed by atoms with Crippen molar-refractivity contribution in [3.8, 4) is 0 Å². The van der Waals surface area contributed by atoms with Gasteiger partial charge in [0.2, 0.25) is 0 Å². The monoisotopic (exact) mass is 278 g/mol. The summed E-state index contributed by atoms with van der Waals surface area (Å²) < 4.78 is 5.48. The molecule has 1 heterocycles. The first-order chi connectivity index (χ1) is 9.63. The van der Waals surface area contributed by atoms with Crippen LogP contribution in [0.15, 0.2) is 22.6 Å². The number of oxazole rings is 1. The average Bonchev–Trinajstić information content (AvgIpc) is 2.85. The molecule has 0 saturated carbocycles. The SMILES string of the molecule is CCC(CCO)CNc1nc2ccc(C(=O)O)cc2o1. The molecule has 1 aromatic heterocycles. The third kappa shape index (κ3) is 3.27. The third-order valence-corrected chi connectivity index (χ3v) is 3.29. The number of hydrogen-bond donors (Lipinski definition) is 3. The number of carboxylic acids is 1. The van der Waals surface area contributed by atoms with Crippen molar-refractivity contribution in [1.29, 1.82) is 0 Å². The fraction of sp³-hybridized carbons (Fsp3) is 0.429. The van der Waals surface area contributed by atoms with Crippen molar-refractivity contribution in [2.75, 3.05) is 18.5 Å². The summed E-state index contributed by atoms with van der Waals surface area (Å²) in [4.78, 5) is 15.1. The number of carboxylic acid groups (broad SMARTS) is 1. The standard InChI is InChI=1S/C14H18N2O4/c1-2-9(5-6-17)8-15-14-16-11-4-3-10(13(18)19)7-12(11)20-14/h3-4,7,9,17H,2,5-6,8H2,1H3,(H,15,16)(H,18,19). The van der Waals surface area contributed by atoms with Crippen LogP contribution in [0.3, 0.4) is 0 Å². The highest BCUT2D eigenvalue weighted by molar-refractivity contribution is 5.92. The van der Waals surface area contributed by atoms with E-state index in [9.17, 15) is 4.79 Å². The Bertz CT molecular complexity index is 594. The Hall–Kier alpha value is -2.08. The van der Waals surface area contributed by atoms with Crippen LogP contribution in [0.2, 0.25) is 0 Å². The molecule has 3 N–H and O–H groups in total. The van der Waals surface area contributed by atoms with Crippen LogP contribution in [0.5, 0.6) is 0 Å². The second kappa shape index (κ2) is 6.38. The molecule has 1 atom stereocenters. The minimum atomic E-state index is -0.994. The predicted octanol–water partition coefficient (Wildman–Crippen LogP) is 2.35. The normalized spacial score (nSPS) is 12.5. The zero-order valence-electron chi connectivity index (χ0n) is 11.3. The Morgan fingerprint density at radius 3 is 2.95 bits per heavy atom. The molecule has 0 spiro atoms. The maximum Gasteiger partial charge on any atom is 0.335 e. The molecule has 0 aliphatic heterocycles. The van der Waals surface area contributed by atoms with Crippen molar-refractivity contribution in [1.82, 2.24) is 4.98 Å². The van der Waals surface area contributed by atoms with E-state index in [-0.39, 0.29) is 12.2 Å². The summed E-state index contributed by atoms with van der Waals surface area (Å²) in [6, 6.07) is 4.95. The predicted molar refractivity (Wildman–Crippen MR) is 74.9 cm³/mol. The molecule has 0 fully saturated rings. The molecule has 108 valence electrons. The molecule has 1 aromatic carbocycles. The van der Waals surface area contributed by atoms with Crippen LogP contribution in [0, 0.1) is 5.92 Å². The summed E-state index contributed by atoms with van der Waals surface area (Å²) in [6.45, 7) is 2.89. The van der Waals surface area contributed by atoms with Gasteiger partial charge in [0.1, 0.15) is 5.52 Å². The van der Waals surface area contributed by atoms with E-state index in [4.69, 9.17) is 14.6 Å². The van der Waals surface area contributed by atoms with Gasteiger partial charge in [0.05, 0.1) is 5.56 Å². The number of fused-ring (bicyclic) bond motifs is 1. The fourth-order valence-electron chi connectivity index (χ4n) is 2.00. The lowest BCUT2D eigenvalue weighted by atomic mass is 10.0. The number of anilines is 1. The van der Waals surface area contributed by atoms with E-state index < -0.39 is 5.97 Å². The molecule has 0 saturated heterocycles. The van der Waals surface area contributed by atoms with Crippen LogP contribution >= 0.6 is 0 Å². The molecule has 20 heavy (non-hydrogen) atoms. The smallest absolute Gasteiger partial charge is 0.335 e. The number of aromatic carboxylic acids is 1. The number of carbonyl (C=O) groups is 1. The Labute approximate surface area is 116 Å². The molecule has 0 amide bonds. The summed E-state index contributed by atoms with van der Waals surface area (Å²) >= 11 is 0. The highest BCUT2D eigenvalue weighted by atomic mass is 16.4. The van der Waals surface area contributed by atoms with Crippen LogP contribution in [0.4, 0.5) is 6.01 Å². The van der Waals surface area contributed by atoms with E-state index in [0.29, 0.717) is 29.6 Å². The van der Waals surface area contributed by atoms with Crippen LogP contribution in [0.25, 0.3) is 11.1 Å². The van der Waals surface area contributed by atoms with E-state index in [0.717, 1.165) is 12.8 Å². The van der Waals surface area contributed by atoms with Crippen molar-refractivity contribution in [3.05, 3.63) is 23.8 Å². The van der Waals surface area contributed by atoms with Crippen LogP contribution in [-0.4, -0.2) is 34.3 Å². The van der Waals surface area contributed by atoms with E-state index in [1.165, 1.54) is 12.1 Å². The average molecular weight is 278 g/mol. The fourth-order valence-corrected chi connectivity index (χ4v) is 2.00. The van der Waals surface area contributed by atoms with Gasteiger partial charge < -0.3 is 19.9 Å². The molecule has 0 aliphatic carbocycles. The first kappa shape index (κ1) is 14.3. The summed E-state index contributed by atoms with van der Waals surface area (Å²) in [5.41, 5.74) is 1.24. The summed E-state index contributed by atoms with van der Waals surface area (Å²) in [5, 5.41) is 20.9. The lowest BCUT2D eigenvalue weighted by molar-refractivity contribution is 0.0697. The Morgan fingerprint density at radius 2 is 2.30 bits per heavy atom. The van der Waals surface area contributed by atoms with Crippen LogP contribution in [-0.2, 0) is 0 Å². The number of rotatable bonds is 7. The number of nitrogens with zero attached hydrogens (tertiary/aromatic N) is 1. The molecule has 0 bridgehead atoms. The Kier molecular flexibility index (Phi) is 4.57. The number of benzene rings is 1. The van der Waals surface area contributed by atoms with Crippen molar-refractivity contribution in [2.24, 2.45) is 5.92 Å². The van der Waals surface area contributed by atoms with E-state index in [1.54, 1.807) is 6.07 Å². The van der Waals surface area contributed by atoms with Gasteiger partial charge in [0, 0.05) is 13.2 Å². The van der Waals surface area contributed by atoms with Crippen molar-refractivity contribution in [2.45, 2.75) is 19.8 Å². The zero-order valence-corrected chi connectivity index (χ0v) is 11.3. The van der Waals surface area contributed by atoms with Gasteiger partial charge >= 0.3 is 5.97 Å². The molecule has 0 radical (unpaired) electrons. The summed E-state index contributed by atoms with van der Waals surface area (Å²) in [7, 11) is 0. The minimum Gasteiger partial charge on any atom is -0.478 e. The van der Waals surface area contributed by atoms with E-state index in [2.05, 4.69) is 17.2 Å². The maximum absolute atomic E-state index is 10.9. The second-order valence-electron chi connectivity index (χ2n) is 4.67. The van der Waals surface area contributed by atoms with Gasteiger partial charge in [-0.15, -0.1) is 0 Å². The number of hydrogen-bond acceptors (Lipinski definition) is 5. The summed E-state index contributed by atoms with van der Waals surface area (Å²) in [5.74, 6) is -0.642. The van der Waals surface area contributed by atoms with Crippen molar-refractivity contribution < 1.29 is 19.4 Å². The molecule has 6 nitrogen and oxygen atoms in total. The first-order valence-corrected chi connectivity index (χ1v) is 6.62. The van der Waals surface area contributed by atoms with Crippen LogP contribution in [0.1, 0.15) is 30.1 Å². The van der Waals surface area contributed by atoms with Gasteiger partial charge in [-0.2, -0.15) is 4.98 Å². The quantitative estimate of drug-likeness (QED) is 0.719. The van der Waals surface area contributed by atoms with Gasteiger partial charge in [-0.25, -0.2) is 4.79 Å². The molecule has 2 rings (SSSR count). The number of aliphatic hydroxyl groups is 1. The molecule has 2 aromatic rings. The lowest BCUT2D eigenvalue weighted by Gasteiger charge is -2.12. The molecular formula is C14H18N2O4. The second-order valence-corrected chi connectivity index (χ2v) is 4.67. The largest absolute Gasteiger partial charge is 0.478 e. The number of nitrogens with one attached hydrogen (secondary N) is 1. The highest BCUT2D eigenvalue weighted by Gasteiger charge is 2.11. The van der Waals surface area contributed by atoms with Gasteiger partial charge in [-0.3, -0.25) is 0 Å². The van der Waals surface area contributed by atoms with Crippen molar-refractivity contribution in [3.63, 3.8) is 0 Å². The van der Waals surface area contributed by atoms with Crippen molar-refractivity contribution >= 4 is 23.1 Å². The van der Waals surface area contributed by atoms with E-state index >= 15 is 0 Å². The minimum absolute atomic E-state index is 0.162. The molecule has 1 unspecified atom stereocenters. The first-order valence-electron chi connectivity index (χ1n) is 6.62. The zero-order chi connectivity index (χ0) is 14.5. The molecule has 6 heteroatoms. The lowest BCUT2D eigenvalue weighted by Crippen LogP contribution is -2.15. The number of aromatic nitrogens is 1. The molecular weight excluding hydrogens is 260 g/mol. The third-order valence-electron chi connectivity index (χ3n) is 3.29. The number of aliphatic hydroxyl groups excluding tert-OH is 1. The maximum atomic E-state index is 10.9. The highest BCUT2D eigenvalue weighted by Crippen LogP contribution is 2.21. The van der Waals surface area contributed by atoms with Gasteiger partial charge in [-0.1, -0.05) is 13.3 Å². The van der Waals surface area contributed by atoms with Crippen LogP contribution < -0.4 is 5.32 Å². The van der Waals surface area contributed by atoms with Gasteiger partial charge in [-0.05, 0) is 30.5 Å².